The zero-order chi connectivity index (χ0) is 15.4. The van der Waals surface area contributed by atoms with Crippen molar-refractivity contribution in [3.8, 4) is 5.75 Å². The monoisotopic (exact) mass is 325 g/mol. The smallest absolute Gasteiger partial charge is 0.408 e. The highest BCUT2D eigenvalue weighted by Gasteiger charge is 2.13. The van der Waals surface area contributed by atoms with Gasteiger partial charge in [0.1, 0.15) is 0 Å². The Labute approximate surface area is 137 Å². The fraction of sp³-hybridized carbons (Fsp3) is 0.438. The number of amides is 1. The molecule has 2 rings (SSSR count). The number of halogens is 1. The Morgan fingerprint density at radius 3 is 2.64 bits per heavy atom. The van der Waals surface area contributed by atoms with Crippen molar-refractivity contribution in [3.05, 3.63) is 30.0 Å². The molecule has 22 heavy (non-hydrogen) atoms. The number of hydrogen-bond donors (Lipinski definition) is 1. The molecule has 2 aromatic rings. The summed E-state index contributed by atoms with van der Waals surface area (Å²) in [5.74, 6) is 0.578. The summed E-state index contributed by atoms with van der Waals surface area (Å²) < 4.78 is 5.46. The standard InChI is InChI=1S/C16H23N3O2.ClH/c1-5-19(4)16(20)21-14-8-6-7-13-12(9-10-18(2)3)11-17-15(13)14;/h6-8,11,17H,5,9-10H2,1-4H3;1H. The molecule has 1 aromatic carbocycles. The largest absolute Gasteiger partial charge is 0.415 e. The molecule has 5 nitrogen and oxygen atoms in total. The average Bonchev–Trinajstić information content (AvgIpc) is 2.88. The van der Waals surface area contributed by atoms with Crippen LogP contribution in [0.25, 0.3) is 10.9 Å². The minimum absolute atomic E-state index is 0. The quantitative estimate of drug-likeness (QED) is 0.918. The fourth-order valence-electron chi connectivity index (χ4n) is 2.12. The third kappa shape index (κ3) is 4.15. The molecule has 0 bridgehead atoms. The van der Waals surface area contributed by atoms with Crippen LogP contribution in [0, 0.1) is 0 Å². The van der Waals surface area contributed by atoms with Gasteiger partial charge in [0.05, 0.1) is 5.52 Å². The van der Waals surface area contributed by atoms with Crippen LogP contribution < -0.4 is 4.74 Å². The number of aromatic nitrogens is 1. The number of ether oxygens (including phenoxy) is 1. The number of nitrogens with zero attached hydrogens (tertiary/aromatic N) is 2. The fourth-order valence-corrected chi connectivity index (χ4v) is 2.12. The van der Waals surface area contributed by atoms with Gasteiger partial charge in [-0.25, -0.2) is 4.79 Å². The topological polar surface area (TPSA) is 48.6 Å². The Balaban J connectivity index is 0.00000242. The van der Waals surface area contributed by atoms with E-state index >= 15 is 0 Å². The van der Waals surface area contributed by atoms with Crippen molar-refractivity contribution >= 4 is 29.4 Å². The zero-order valence-electron chi connectivity index (χ0n) is 13.5. The summed E-state index contributed by atoms with van der Waals surface area (Å²) >= 11 is 0. The third-order valence-electron chi connectivity index (χ3n) is 3.57. The molecule has 0 fully saturated rings. The number of nitrogens with one attached hydrogen (secondary N) is 1. The maximum Gasteiger partial charge on any atom is 0.415 e. The molecule has 122 valence electrons. The number of para-hydroxylation sites is 1. The molecule has 0 aliphatic heterocycles. The minimum atomic E-state index is -0.338. The Morgan fingerprint density at radius 1 is 1.27 bits per heavy atom. The molecule has 0 aliphatic rings. The van der Waals surface area contributed by atoms with Gasteiger partial charge in [-0.3, -0.25) is 0 Å². The number of carbonyl (C=O) groups excluding carboxylic acids is 1. The number of likely N-dealkylation sites (N-methyl/N-ethyl adjacent to an activating group) is 1. The molecule has 1 heterocycles. The Bertz CT molecular complexity index is 625. The van der Waals surface area contributed by atoms with Gasteiger partial charge in [0.15, 0.2) is 5.75 Å². The highest BCUT2D eigenvalue weighted by atomic mass is 35.5. The van der Waals surface area contributed by atoms with Gasteiger partial charge in [0.2, 0.25) is 0 Å². The second kappa shape index (κ2) is 8.06. The second-order valence-corrected chi connectivity index (χ2v) is 5.43. The summed E-state index contributed by atoms with van der Waals surface area (Å²) in [6, 6.07) is 5.79. The van der Waals surface area contributed by atoms with Crippen LogP contribution in [0.4, 0.5) is 4.79 Å². The highest BCUT2D eigenvalue weighted by Crippen LogP contribution is 2.28. The van der Waals surface area contributed by atoms with Crippen LogP contribution in [0.15, 0.2) is 24.4 Å². The van der Waals surface area contributed by atoms with Crippen LogP contribution in [0.5, 0.6) is 5.75 Å². The number of carbonyl (C=O) groups is 1. The number of hydrogen-bond acceptors (Lipinski definition) is 3. The van der Waals surface area contributed by atoms with Gasteiger partial charge < -0.3 is 19.5 Å². The molecule has 0 spiro atoms. The van der Waals surface area contributed by atoms with E-state index < -0.39 is 0 Å². The van der Waals surface area contributed by atoms with Crippen molar-refractivity contribution in [2.24, 2.45) is 0 Å². The van der Waals surface area contributed by atoms with E-state index in [1.54, 1.807) is 7.05 Å². The molecule has 1 aromatic heterocycles. The number of benzene rings is 1. The van der Waals surface area contributed by atoms with Crippen molar-refractivity contribution in [1.82, 2.24) is 14.8 Å². The molecule has 0 unspecified atom stereocenters. The predicted molar refractivity (Wildman–Crippen MR) is 92.1 cm³/mol. The lowest BCUT2D eigenvalue weighted by molar-refractivity contribution is 0.165. The first-order valence-corrected chi connectivity index (χ1v) is 7.19. The van der Waals surface area contributed by atoms with Crippen LogP contribution in [-0.4, -0.2) is 55.1 Å². The van der Waals surface area contributed by atoms with Gasteiger partial charge in [-0.2, -0.15) is 0 Å². The van der Waals surface area contributed by atoms with E-state index in [4.69, 9.17) is 4.74 Å². The lowest BCUT2D eigenvalue weighted by atomic mass is 10.1. The average molecular weight is 326 g/mol. The Kier molecular flexibility index (Phi) is 6.71. The van der Waals surface area contributed by atoms with Crippen LogP contribution in [0.3, 0.4) is 0 Å². The van der Waals surface area contributed by atoms with Crippen molar-refractivity contribution in [2.45, 2.75) is 13.3 Å². The van der Waals surface area contributed by atoms with Gasteiger partial charge in [0, 0.05) is 31.7 Å². The molecule has 0 saturated heterocycles. The van der Waals surface area contributed by atoms with E-state index in [9.17, 15) is 4.79 Å². The SMILES string of the molecule is CCN(C)C(=O)Oc1cccc2c(CCN(C)C)c[nH]c12.Cl. The van der Waals surface area contributed by atoms with Gasteiger partial charge in [-0.05, 0) is 39.1 Å². The lowest BCUT2D eigenvalue weighted by Crippen LogP contribution is -2.29. The molecule has 0 aliphatic carbocycles. The molecule has 6 heteroatoms. The maximum atomic E-state index is 11.9. The van der Waals surface area contributed by atoms with Crippen LogP contribution in [0.2, 0.25) is 0 Å². The summed E-state index contributed by atoms with van der Waals surface area (Å²) in [5, 5.41) is 1.11. The van der Waals surface area contributed by atoms with Crippen molar-refractivity contribution in [3.63, 3.8) is 0 Å². The molecule has 1 N–H and O–H groups in total. The van der Waals surface area contributed by atoms with Crippen LogP contribution >= 0.6 is 12.4 Å². The summed E-state index contributed by atoms with van der Waals surface area (Å²) in [4.78, 5) is 18.8. The third-order valence-corrected chi connectivity index (χ3v) is 3.57. The van der Waals surface area contributed by atoms with E-state index in [2.05, 4.69) is 30.0 Å². The highest BCUT2D eigenvalue weighted by molar-refractivity contribution is 5.90. The molecule has 0 radical (unpaired) electrons. The van der Waals surface area contributed by atoms with Crippen molar-refractivity contribution in [2.75, 3.05) is 34.2 Å². The minimum Gasteiger partial charge on any atom is -0.408 e. The molecule has 1 amide bonds. The van der Waals surface area contributed by atoms with Crippen LogP contribution in [-0.2, 0) is 6.42 Å². The first-order chi connectivity index (χ1) is 10.0. The number of H-pyrrole nitrogens is 1. The first-order valence-electron chi connectivity index (χ1n) is 7.19. The maximum absolute atomic E-state index is 11.9. The second-order valence-electron chi connectivity index (χ2n) is 5.43. The zero-order valence-corrected chi connectivity index (χ0v) is 14.4. The van der Waals surface area contributed by atoms with E-state index in [1.165, 1.54) is 10.5 Å². The number of aromatic amines is 1. The van der Waals surface area contributed by atoms with Gasteiger partial charge in [-0.1, -0.05) is 12.1 Å². The normalized spacial score (nSPS) is 10.6. The van der Waals surface area contributed by atoms with Crippen molar-refractivity contribution in [1.29, 1.82) is 0 Å². The Morgan fingerprint density at radius 2 is 2.00 bits per heavy atom. The van der Waals surface area contributed by atoms with E-state index in [0.717, 1.165) is 23.9 Å². The molecular weight excluding hydrogens is 302 g/mol. The van der Waals surface area contributed by atoms with Crippen LogP contribution in [0.1, 0.15) is 12.5 Å². The summed E-state index contributed by atoms with van der Waals surface area (Å²) in [5.41, 5.74) is 2.12. The van der Waals surface area contributed by atoms with E-state index in [0.29, 0.717) is 12.3 Å². The lowest BCUT2D eigenvalue weighted by Gasteiger charge is -2.14. The van der Waals surface area contributed by atoms with Gasteiger partial charge in [0.25, 0.3) is 0 Å². The van der Waals surface area contributed by atoms with Gasteiger partial charge >= 0.3 is 6.09 Å². The molecule has 0 saturated carbocycles. The number of fused-ring (bicyclic) bond motifs is 1. The number of rotatable bonds is 5. The first kappa shape index (κ1) is 18.3. The summed E-state index contributed by atoms with van der Waals surface area (Å²) in [6.07, 6.45) is 2.61. The van der Waals surface area contributed by atoms with Gasteiger partial charge in [-0.15, -0.1) is 12.4 Å². The Hall–Kier alpha value is -1.72. The predicted octanol–water partition coefficient (Wildman–Crippen LogP) is 3.14. The molecular formula is C16H24ClN3O2. The summed E-state index contributed by atoms with van der Waals surface area (Å²) in [7, 11) is 5.84. The van der Waals surface area contributed by atoms with E-state index in [1.807, 2.05) is 25.3 Å². The molecule has 0 atom stereocenters. The summed E-state index contributed by atoms with van der Waals surface area (Å²) in [6.45, 7) is 3.51. The van der Waals surface area contributed by atoms with Crippen molar-refractivity contribution < 1.29 is 9.53 Å². The van der Waals surface area contributed by atoms with E-state index in [-0.39, 0.29) is 18.5 Å².